The van der Waals surface area contributed by atoms with Gasteiger partial charge in [-0.15, -0.1) is 0 Å². The molecule has 4 nitrogen and oxygen atoms in total. The van der Waals surface area contributed by atoms with Crippen LogP contribution in [0, 0.1) is 0 Å². The zero-order chi connectivity index (χ0) is 14.2. The first kappa shape index (κ1) is 13.7. The van der Waals surface area contributed by atoms with Gasteiger partial charge in [0.2, 0.25) is 0 Å². The van der Waals surface area contributed by atoms with Crippen LogP contribution in [0.2, 0.25) is 0 Å². The van der Waals surface area contributed by atoms with E-state index >= 15 is 0 Å². The van der Waals surface area contributed by atoms with E-state index in [4.69, 9.17) is 14.2 Å². The third kappa shape index (κ3) is 2.38. The predicted molar refractivity (Wildman–Crippen MR) is 75.2 cm³/mol. The van der Waals surface area contributed by atoms with Crippen LogP contribution in [0.25, 0.3) is 0 Å². The van der Waals surface area contributed by atoms with E-state index in [2.05, 4.69) is 0 Å². The summed E-state index contributed by atoms with van der Waals surface area (Å²) in [5.41, 5.74) is 0.563. The molecule has 1 N–H and O–H groups in total. The van der Waals surface area contributed by atoms with E-state index < -0.39 is 6.10 Å². The number of fused-ring (bicyclic) bond motifs is 1. The lowest BCUT2D eigenvalue weighted by Gasteiger charge is -2.45. The van der Waals surface area contributed by atoms with Crippen LogP contribution in [-0.4, -0.2) is 31.0 Å². The van der Waals surface area contributed by atoms with Crippen LogP contribution in [0.1, 0.15) is 43.8 Å². The lowest BCUT2D eigenvalue weighted by atomic mass is 9.76. The number of methoxy groups -OCH3 is 2. The molecule has 110 valence electrons. The van der Waals surface area contributed by atoms with Gasteiger partial charge >= 0.3 is 0 Å². The lowest BCUT2D eigenvalue weighted by molar-refractivity contribution is -0.0797. The molecule has 0 saturated heterocycles. The first-order valence-electron chi connectivity index (χ1n) is 7.23. The Morgan fingerprint density at radius 2 is 2.15 bits per heavy atom. The van der Waals surface area contributed by atoms with Gasteiger partial charge in [-0.05, 0) is 31.4 Å². The summed E-state index contributed by atoms with van der Waals surface area (Å²) in [6, 6.07) is 5.63. The largest absolute Gasteiger partial charge is 0.497 e. The Labute approximate surface area is 119 Å². The molecule has 1 saturated carbocycles. The molecule has 2 aliphatic rings. The van der Waals surface area contributed by atoms with Gasteiger partial charge in [-0.2, -0.15) is 0 Å². The molecule has 1 spiro atoms. The second kappa shape index (κ2) is 5.26. The van der Waals surface area contributed by atoms with Gasteiger partial charge in [0.15, 0.2) is 0 Å². The van der Waals surface area contributed by atoms with E-state index in [0.717, 1.165) is 42.7 Å². The van der Waals surface area contributed by atoms with Gasteiger partial charge in [-0.25, -0.2) is 0 Å². The van der Waals surface area contributed by atoms with Crippen molar-refractivity contribution in [2.75, 3.05) is 14.2 Å². The maximum Gasteiger partial charge on any atom is 0.129 e. The molecule has 3 atom stereocenters. The monoisotopic (exact) mass is 278 g/mol. The van der Waals surface area contributed by atoms with Gasteiger partial charge in [0.05, 0.1) is 19.3 Å². The van der Waals surface area contributed by atoms with Crippen molar-refractivity contribution in [3.63, 3.8) is 0 Å². The minimum absolute atomic E-state index is 0.225. The van der Waals surface area contributed by atoms with Gasteiger partial charge in [0.1, 0.15) is 17.1 Å². The quantitative estimate of drug-likeness (QED) is 0.903. The summed E-state index contributed by atoms with van der Waals surface area (Å²) in [7, 11) is 3.39. The lowest BCUT2D eigenvalue weighted by Crippen LogP contribution is -2.46. The summed E-state index contributed by atoms with van der Waals surface area (Å²) in [6.45, 7) is 0. The number of hydrogen-bond donors (Lipinski definition) is 1. The van der Waals surface area contributed by atoms with E-state index in [1.54, 1.807) is 14.2 Å². The van der Waals surface area contributed by atoms with Crippen molar-refractivity contribution in [2.45, 2.75) is 49.9 Å². The number of hydrogen-bond acceptors (Lipinski definition) is 4. The fraction of sp³-hybridized carbons (Fsp3) is 0.625. The minimum Gasteiger partial charge on any atom is -0.497 e. The van der Waals surface area contributed by atoms with E-state index in [0.29, 0.717) is 6.42 Å². The molecule has 1 aromatic rings. The molecule has 1 aromatic carbocycles. The van der Waals surface area contributed by atoms with E-state index in [9.17, 15) is 5.11 Å². The van der Waals surface area contributed by atoms with E-state index in [1.807, 2.05) is 18.2 Å². The molecule has 0 amide bonds. The molecule has 2 unspecified atom stereocenters. The summed E-state index contributed by atoms with van der Waals surface area (Å²) in [6.07, 6.45) is 4.36. The third-order valence-corrected chi connectivity index (χ3v) is 4.56. The zero-order valence-electron chi connectivity index (χ0n) is 12.1. The van der Waals surface area contributed by atoms with E-state index in [-0.39, 0.29) is 11.7 Å². The Morgan fingerprint density at radius 1 is 1.30 bits per heavy atom. The number of aliphatic hydroxyl groups is 1. The van der Waals surface area contributed by atoms with Gasteiger partial charge in [0.25, 0.3) is 0 Å². The second-order valence-electron chi connectivity index (χ2n) is 5.86. The maximum atomic E-state index is 10.4. The smallest absolute Gasteiger partial charge is 0.129 e. The molecule has 1 aliphatic heterocycles. The van der Waals surface area contributed by atoms with Crippen LogP contribution in [0.5, 0.6) is 11.5 Å². The number of rotatable bonds is 2. The van der Waals surface area contributed by atoms with Crippen LogP contribution in [-0.2, 0) is 4.74 Å². The normalized spacial score (nSPS) is 32.5. The first-order chi connectivity index (χ1) is 9.65. The number of ether oxygens (including phenoxy) is 3. The fourth-order valence-electron chi connectivity index (χ4n) is 3.49. The molecule has 20 heavy (non-hydrogen) atoms. The van der Waals surface area contributed by atoms with Crippen molar-refractivity contribution in [3.05, 3.63) is 23.8 Å². The molecule has 1 fully saturated rings. The van der Waals surface area contributed by atoms with Gasteiger partial charge in [-0.1, -0.05) is 0 Å². The van der Waals surface area contributed by atoms with Crippen molar-refractivity contribution < 1.29 is 19.3 Å². The average molecular weight is 278 g/mol. The second-order valence-corrected chi connectivity index (χ2v) is 5.86. The van der Waals surface area contributed by atoms with Gasteiger partial charge in [0, 0.05) is 31.6 Å². The third-order valence-electron chi connectivity index (χ3n) is 4.56. The van der Waals surface area contributed by atoms with Crippen molar-refractivity contribution in [1.29, 1.82) is 0 Å². The van der Waals surface area contributed by atoms with Crippen LogP contribution in [0.15, 0.2) is 18.2 Å². The Balaban J connectivity index is 1.90. The zero-order valence-corrected chi connectivity index (χ0v) is 12.1. The van der Waals surface area contributed by atoms with Crippen molar-refractivity contribution in [3.8, 4) is 11.5 Å². The topological polar surface area (TPSA) is 47.9 Å². The molecule has 3 rings (SSSR count). The SMILES string of the molecule is COc1ccc2c(c1)OC1(CCCC(OC)C1)C[C@@H]2O. The molecule has 0 aromatic heterocycles. The Hall–Kier alpha value is -1.26. The van der Waals surface area contributed by atoms with Crippen molar-refractivity contribution >= 4 is 0 Å². The predicted octanol–water partition coefficient (Wildman–Crippen LogP) is 2.84. The van der Waals surface area contributed by atoms with Crippen molar-refractivity contribution in [1.82, 2.24) is 0 Å². The standard InChI is InChI=1S/C16H22O4/c1-18-11-5-6-13-14(17)10-16(20-15(13)8-11)7-3-4-12(9-16)19-2/h5-6,8,12,14,17H,3-4,7,9-10H2,1-2H3/t12?,14-,16?/m0/s1. The highest BCUT2D eigenvalue weighted by molar-refractivity contribution is 5.44. The molecular formula is C16H22O4. The van der Waals surface area contributed by atoms with Crippen LogP contribution < -0.4 is 9.47 Å². The molecule has 1 aliphatic carbocycles. The molecule has 0 bridgehead atoms. The van der Waals surface area contributed by atoms with Crippen molar-refractivity contribution in [2.24, 2.45) is 0 Å². The van der Waals surface area contributed by atoms with E-state index in [1.165, 1.54) is 0 Å². The average Bonchev–Trinajstić information content (AvgIpc) is 2.46. The highest BCUT2D eigenvalue weighted by Crippen LogP contribution is 2.47. The first-order valence-corrected chi connectivity index (χ1v) is 7.23. The highest BCUT2D eigenvalue weighted by Gasteiger charge is 2.44. The summed E-state index contributed by atoms with van der Waals surface area (Å²) in [4.78, 5) is 0. The van der Waals surface area contributed by atoms with Crippen LogP contribution in [0.4, 0.5) is 0 Å². The Kier molecular flexibility index (Phi) is 3.61. The molecular weight excluding hydrogens is 256 g/mol. The summed E-state index contributed by atoms with van der Waals surface area (Å²) in [5, 5.41) is 10.4. The van der Waals surface area contributed by atoms with Gasteiger partial charge in [-0.3, -0.25) is 0 Å². The highest BCUT2D eigenvalue weighted by atomic mass is 16.5. The maximum absolute atomic E-state index is 10.4. The number of benzene rings is 1. The number of aliphatic hydroxyl groups excluding tert-OH is 1. The molecule has 0 radical (unpaired) electrons. The summed E-state index contributed by atoms with van der Waals surface area (Å²) < 4.78 is 17.0. The Morgan fingerprint density at radius 3 is 2.90 bits per heavy atom. The molecule has 1 heterocycles. The van der Waals surface area contributed by atoms with Crippen LogP contribution >= 0.6 is 0 Å². The Bertz CT molecular complexity index is 487. The summed E-state index contributed by atoms with van der Waals surface area (Å²) in [5.74, 6) is 1.51. The molecule has 4 heteroatoms. The summed E-state index contributed by atoms with van der Waals surface area (Å²) >= 11 is 0. The minimum atomic E-state index is -0.472. The van der Waals surface area contributed by atoms with Gasteiger partial charge < -0.3 is 19.3 Å². The fourth-order valence-corrected chi connectivity index (χ4v) is 3.49. The van der Waals surface area contributed by atoms with Crippen LogP contribution in [0.3, 0.4) is 0 Å².